The number of nitrogens with zero attached hydrogens (tertiary/aromatic N) is 3. The molecule has 2 aromatic rings. The minimum absolute atomic E-state index is 0.526. The van der Waals surface area contributed by atoms with Crippen LogP contribution in [0.25, 0.3) is 11.5 Å². The highest BCUT2D eigenvalue weighted by Crippen LogP contribution is 2.25. The van der Waals surface area contributed by atoms with Crippen molar-refractivity contribution in [3.05, 3.63) is 35.7 Å². The van der Waals surface area contributed by atoms with Gasteiger partial charge in [0.2, 0.25) is 5.89 Å². The molecule has 1 atom stereocenters. The smallest absolute Gasteiger partial charge is 0.226 e. The topological polar surface area (TPSA) is 41.7 Å². The molecule has 0 unspecified atom stereocenters. The first kappa shape index (κ1) is 19.4. The van der Waals surface area contributed by atoms with Crippen molar-refractivity contribution in [2.45, 2.75) is 18.4 Å². The van der Waals surface area contributed by atoms with Gasteiger partial charge >= 0.3 is 0 Å². The van der Waals surface area contributed by atoms with E-state index in [0.29, 0.717) is 11.8 Å². The Labute approximate surface area is 160 Å². The van der Waals surface area contributed by atoms with Gasteiger partial charge in [-0.15, -0.1) is 11.8 Å². The minimum atomic E-state index is 0.526. The summed E-state index contributed by atoms with van der Waals surface area (Å²) in [4.78, 5) is 10.7. The van der Waals surface area contributed by atoms with E-state index in [4.69, 9.17) is 14.1 Å². The van der Waals surface area contributed by atoms with E-state index in [1.807, 2.05) is 6.92 Å². The Morgan fingerprint density at radius 3 is 2.73 bits per heavy atom. The van der Waals surface area contributed by atoms with E-state index in [9.17, 15) is 0 Å². The van der Waals surface area contributed by atoms with Crippen LogP contribution in [0.5, 0.6) is 0 Å². The van der Waals surface area contributed by atoms with Gasteiger partial charge in [-0.2, -0.15) is 0 Å². The largest absolute Gasteiger partial charge is 0.441 e. The fourth-order valence-electron chi connectivity index (χ4n) is 3.37. The molecule has 0 bridgehead atoms. The molecule has 1 aromatic heterocycles. The Morgan fingerprint density at radius 2 is 2.04 bits per heavy atom. The highest BCUT2D eigenvalue weighted by atomic mass is 32.2. The second kappa shape index (κ2) is 9.04. The molecule has 1 saturated heterocycles. The molecule has 1 fully saturated rings. The Hall–Kier alpha value is -1.34. The van der Waals surface area contributed by atoms with Gasteiger partial charge in [-0.3, -0.25) is 4.90 Å². The molecule has 6 heteroatoms. The second-order valence-electron chi connectivity index (χ2n) is 7.19. The Kier molecular flexibility index (Phi) is 6.75. The van der Waals surface area contributed by atoms with Crippen molar-refractivity contribution < 1.29 is 9.15 Å². The molecule has 0 amide bonds. The van der Waals surface area contributed by atoms with Gasteiger partial charge in [-0.1, -0.05) is 0 Å². The fourth-order valence-corrected chi connectivity index (χ4v) is 3.78. The highest BCUT2D eigenvalue weighted by Gasteiger charge is 2.21. The van der Waals surface area contributed by atoms with E-state index in [1.165, 1.54) is 4.90 Å². The van der Waals surface area contributed by atoms with Crippen LogP contribution >= 0.6 is 11.8 Å². The van der Waals surface area contributed by atoms with Gasteiger partial charge in [-0.05, 0) is 51.5 Å². The average molecular weight is 376 g/mol. The molecule has 0 radical (unpaired) electrons. The van der Waals surface area contributed by atoms with Gasteiger partial charge in [0.15, 0.2) is 0 Å². The van der Waals surface area contributed by atoms with E-state index in [1.54, 1.807) is 11.8 Å². The maximum atomic E-state index is 5.95. The predicted octanol–water partition coefficient (Wildman–Crippen LogP) is 3.38. The molecule has 0 aliphatic carbocycles. The molecule has 0 spiro atoms. The third-order valence-corrected chi connectivity index (χ3v) is 5.39. The Balaban J connectivity index is 1.70. The second-order valence-corrected chi connectivity index (χ2v) is 8.07. The summed E-state index contributed by atoms with van der Waals surface area (Å²) in [7, 11) is 4.23. The van der Waals surface area contributed by atoms with Gasteiger partial charge in [-0.25, -0.2) is 4.98 Å². The van der Waals surface area contributed by atoms with Crippen LogP contribution in [0.2, 0.25) is 0 Å². The maximum absolute atomic E-state index is 5.95. The molecule has 1 aliphatic rings. The standard InChI is InChI=1S/C20H29N3O2S/c1-15-19(13-23-9-10-24-14-16(12-23)11-22(2)3)21-20(25-15)17-5-7-18(26-4)8-6-17/h5-8,16H,9-14H2,1-4H3/t16-/m0/s1. The van der Waals surface area contributed by atoms with Crippen molar-refractivity contribution in [2.75, 3.05) is 53.2 Å². The number of thioether (sulfide) groups is 1. The molecular weight excluding hydrogens is 346 g/mol. The third kappa shape index (κ3) is 5.10. The van der Waals surface area contributed by atoms with Gasteiger partial charge in [0.05, 0.1) is 18.9 Å². The highest BCUT2D eigenvalue weighted by molar-refractivity contribution is 7.98. The monoisotopic (exact) mass is 375 g/mol. The average Bonchev–Trinajstić information content (AvgIpc) is 2.84. The third-order valence-electron chi connectivity index (χ3n) is 4.65. The van der Waals surface area contributed by atoms with E-state index in [0.717, 1.165) is 56.4 Å². The zero-order valence-corrected chi connectivity index (χ0v) is 17.0. The predicted molar refractivity (Wildman–Crippen MR) is 107 cm³/mol. The molecule has 3 rings (SSSR count). The quantitative estimate of drug-likeness (QED) is 0.721. The molecule has 2 heterocycles. The van der Waals surface area contributed by atoms with Gasteiger partial charge in [0.25, 0.3) is 0 Å². The zero-order valence-electron chi connectivity index (χ0n) is 16.2. The van der Waals surface area contributed by atoms with Crippen LogP contribution < -0.4 is 0 Å². The lowest BCUT2D eigenvalue weighted by molar-refractivity contribution is 0.112. The van der Waals surface area contributed by atoms with Crippen molar-refractivity contribution in [1.29, 1.82) is 0 Å². The molecule has 26 heavy (non-hydrogen) atoms. The van der Waals surface area contributed by atoms with Crippen LogP contribution in [0.4, 0.5) is 0 Å². The zero-order chi connectivity index (χ0) is 18.5. The number of oxazole rings is 1. The lowest BCUT2D eigenvalue weighted by Gasteiger charge is -2.24. The maximum Gasteiger partial charge on any atom is 0.226 e. The first-order valence-corrected chi connectivity index (χ1v) is 10.3. The van der Waals surface area contributed by atoms with E-state index in [2.05, 4.69) is 54.4 Å². The van der Waals surface area contributed by atoms with E-state index >= 15 is 0 Å². The molecule has 1 aromatic carbocycles. The lowest BCUT2D eigenvalue weighted by Crippen LogP contribution is -2.34. The van der Waals surface area contributed by atoms with Gasteiger partial charge < -0.3 is 14.1 Å². The number of ether oxygens (including phenoxy) is 1. The van der Waals surface area contributed by atoms with Crippen LogP contribution in [0, 0.1) is 12.8 Å². The van der Waals surface area contributed by atoms with Crippen molar-refractivity contribution in [3.8, 4) is 11.5 Å². The van der Waals surface area contributed by atoms with E-state index < -0.39 is 0 Å². The first-order valence-electron chi connectivity index (χ1n) is 9.10. The molecule has 0 saturated carbocycles. The van der Waals surface area contributed by atoms with Crippen molar-refractivity contribution in [1.82, 2.24) is 14.8 Å². The van der Waals surface area contributed by atoms with Crippen molar-refractivity contribution in [2.24, 2.45) is 5.92 Å². The van der Waals surface area contributed by atoms with Gasteiger partial charge in [0, 0.05) is 42.6 Å². The lowest BCUT2D eigenvalue weighted by atomic mass is 10.1. The molecule has 5 nitrogen and oxygen atoms in total. The Morgan fingerprint density at radius 1 is 1.27 bits per heavy atom. The number of hydrogen-bond acceptors (Lipinski definition) is 6. The van der Waals surface area contributed by atoms with Crippen LogP contribution in [-0.2, 0) is 11.3 Å². The van der Waals surface area contributed by atoms with Crippen LogP contribution in [-0.4, -0.2) is 68.0 Å². The summed E-state index contributed by atoms with van der Waals surface area (Å²) < 4.78 is 11.7. The summed E-state index contributed by atoms with van der Waals surface area (Å²) in [5.41, 5.74) is 2.06. The van der Waals surface area contributed by atoms with Gasteiger partial charge in [0.1, 0.15) is 5.76 Å². The van der Waals surface area contributed by atoms with E-state index in [-0.39, 0.29) is 0 Å². The van der Waals surface area contributed by atoms with Crippen molar-refractivity contribution in [3.63, 3.8) is 0 Å². The number of rotatable bonds is 6. The number of hydrogen-bond donors (Lipinski definition) is 0. The summed E-state index contributed by atoms with van der Waals surface area (Å²) in [6.07, 6.45) is 2.08. The summed E-state index contributed by atoms with van der Waals surface area (Å²) in [5, 5.41) is 0. The SMILES string of the molecule is CSc1ccc(-c2nc(CN3CCOC[C@@H](CN(C)C)C3)c(C)o2)cc1. The van der Waals surface area contributed by atoms with Crippen LogP contribution in [0.3, 0.4) is 0 Å². The molecule has 1 aliphatic heterocycles. The van der Waals surface area contributed by atoms with Crippen LogP contribution in [0.1, 0.15) is 11.5 Å². The van der Waals surface area contributed by atoms with Crippen molar-refractivity contribution >= 4 is 11.8 Å². The normalized spacial score (nSPS) is 19.0. The summed E-state index contributed by atoms with van der Waals surface area (Å²) >= 11 is 1.74. The fraction of sp³-hybridized carbons (Fsp3) is 0.550. The Bertz CT molecular complexity index is 700. The first-order chi connectivity index (χ1) is 12.5. The molecule has 142 valence electrons. The molecule has 0 N–H and O–H groups in total. The summed E-state index contributed by atoms with van der Waals surface area (Å²) in [6.45, 7) is 7.44. The van der Waals surface area contributed by atoms with Crippen LogP contribution in [0.15, 0.2) is 33.6 Å². The summed E-state index contributed by atoms with van der Waals surface area (Å²) in [6, 6.07) is 8.37. The summed E-state index contributed by atoms with van der Waals surface area (Å²) in [5.74, 6) is 2.14. The number of benzene rings is 1. The number of aromatic nitrogens is 1. The molecular formula is C20H29N3O2S. The minimum Gasteiger partial charge on any atom is -0.441 e. The number of aryl methyl sites for hydroxylation is 1.